The summed E-state index contributed by atoms with van der Waals surface area (Å²) in [5, 5.41) is 0. The van der Waals surface area contributed by atoms with Gasteiger partial charge in [-0.25, -0.2) is 9.37 Å². The fourth-order valence-corrected chi connectivity index (χ4v) is 5.65. The van der Waals surface area contributed by atoms with E-state index in [-0.39, 0.29) is 49.3 Å². The van der Waals surface area contributed by atoms with Crippen molar-refractivity contribution in [1.29, 1.82) is 0 Å². The number of hydrogen-bond acceptors (Lipinski definition) is 6. The smallest absolute Gasteiger partial charge is 0.308 e. The van der Waals surface area contributed by atoms with Crippen LogP contribution < -0.4 is 0 Å². The molecule has 0 unspecified atom stereocenters. The van der Waals surface area contributed by atoms with Crippen LogP contribution in [0.25, 0.3) is 11.1 Å². The zero-order valence-electron chi connectivity index (χ0n) is 22.0. The lowest BCUT2D eigenvalue weighted by atomic mass is 9.87. The number of carbonyl (C=O) groups excluding carboxylic acids is 2. The van der Waals surface area contributed by atoms with Gasteiger partial charge in [0.2, 0.25) is 5.91 Å². The van der Waals surface area contributed by atoms with E-state index < -0.39 is 6.17 Å². The van der Waals surface area contributed by atoms with Gasteiger partial charge in [0.1, 0.15) is 11.7 Å². The number of methoxy groups -OCH3 is 1. The van der Waals surface area contributed by atoms with E-state index in [0.29, 0.717) is 24.5 Å². The number of halogens is 1. The molecule has 0 radical (unpaired) electrons. The van der Waals surface area contributed by atoms with Crippen LogP contribution in [0.3, 0.4) is 0 Å². The maximum absolute atomic E-state index is 14.4. The number of hydrogen-bond donors (Lipinski definition) is 0. The Morgan fingerprint density at radius 1 is 1.13 bits per heavy atom. The predicted molar refractivity (Wildman–Crippen MR) is 140 cm³/mol. The number of nitrogens with zero attached hydrogens (tertiary/aromatic N) is 2. The first-order valence-electron chi connectivity index (χ1n) is 13.5. The number of esters is 1. The first-order valence-corrected chi connectivity index (χ1v) is 13.5. The number of aromatic nitrogens is 1. The molecule has 2 aromatic carbocycles. The summed E-state index contributed by atoms with van der Waals surface area (Å²) in [6, 6.07) is 13.5. The first-order chi connectivity index (χ1) is 18.4. The molecule has 0 N–H and O–H groups in total. The number of amides is 1. The summed E-state index contributed by atoms with van der Waals surface area (Å²) in [7, 11) is 1.41. The van der Waals surface area contributed by atoms with Gasteiger partial charge in [0.05, 0.1) is 44.7 Å². The highest BCUT2D eigenvalue weighted by Gasteiger charge is 2.36. The molecule has 7 nitrogen and oxygen atoms in total. The number of ether oxygens (including phenoxy) is 2. The number of alkyl halides is 1. The van der Waals surface area contributed by atoms with E-state index in [9.17, 15) is 14.0 Å². The molecule has 2 aliphatic rings. The highest BCUT2D eigenvalue weighted by molar-refractivity contribution is 5.81. The van der Waals surface area contributed by atoms with Crippen molar-refractivity contribution in [2.45, 2.75) is 70.2 Å². The number of oxazole rings is 1. The van der Waals surface area contributed by atoms with Crippen LogP contribution in [0.5, 0.6) is 0 Å². The van der Waals surface area contributed by atoms with Gasteiger partial charge in [-0.05, 0) is 61.4 Å². The van der Waals surface area contributed by atoms with Crippen molar-refractivity contribution in [1.82, 2.24) is 9.88 Å². The molecule has 1 saturated heterocycles. The highest BCUT2D eigenvalue weighted by Crippen LogP contribution is 2.29. The standard InChI is InChI=1S/C30H35FN2O5/c1-19-5-3-4-6-22(19)15-28-32-26-12-7-20(13-27(26)38-28)14-29(34)33-17-23(31)16-24(33)18-37-25-10-8-21(9-11-25)30(35)36-2/h3-7,12-13,21,23-25H,8-11,14-18H2,1-2H3/t21?,23-,24-,25?/m0/s1. The zero-order valence-corrected chi connectivity index (χ0v) is 22.0. The summed E-state index contributed by atoms with van der Waals surface area (Å²) in [6.45, 7) is 2.46. The first kappa shape index (κ1) is 26.4. The summed E-state index contributed by atoms with van der Waals surface area (Å²) in [5.74, 6) is 0.282. The minimum atomic E-state index is -1.05. The lowest BCUT2D eigenvalue weighted by Crippen LogP contribution is -2.40. The van der Waals surface area contributed by atoms with Gasteiger partial charge in [-0.1, -0.05) is 30.3 Å². The number of benzene rings is 2. The van der Waals surface area contributed by atoms with Crippen LogP contribution in [0.15, 0.2) is 46.9 Å². The van der Waals surface area contributed by atoms with E-state index in [0.717, 1.165) is 42.3 Å². The van der Waals surface area contributed by atoms with Crippen molar-refractivity contribution in [3.63, 3.8) is 0 Å². The molecule has 3 aromatic rings. The monoisotopic (exact) mass is 522 g/mol. The predicted octanol–water partition coefficient (Wildman–Crippen LogP) is 4.96. The Kier molecular flexibility index (Phi) is 8.07. The Balaban J connectivity index is 1.18. The van der Waals surface area contributed by atoms with E-state index >= 15 is 0 Å². The molecule has 0 bridgehead atoms. The fraction of sp³-hybridized carbons (Fsp3) is 0.500. The number of rotatable bonds is 8. The lowest BCUT2D eigenvalue weighted by molar-refractivity contribution is -0.148. The Morgan fingerprint density at radius 3 is 2.68 bits per heavy atom. The number of aryl methyl sites for hydroxylation is 1. The van der Waals surface area contributed by atoms with Crippen LogP contribution in [0.1, 0.15) is 54.7 Å². The second-order valence-corrected chi connectivity index (χ2v) is 10.6. The van der Waals surface area contributed by atoms with E-state index in [4.69, 9.17) is 13.9 Å². The number of likely N-dealkylation sites (tertiary alicyclic amines) is 1. The van der Waals surface area contributed by atoms with Crippen molar-refractivity contribution in [2.24, 2.45) is 5.92 Å². The minimum Gasteiger partial charge on any atom is -0.469 e. The van der Waals surface area contributed by atoms with Crippen molar-refractivity contribution >= 4 is 23.0 Å². The molecule has 8 heteroatoms. The van der Waals surface area contributed by atoms with Gasteiger partial charge < -0.3 is 18.8 Å². The molecular weight excluding hydrogens is 487 g/mol. The second-order valence-electron chi connectivity index (χ2n) is 10.6. The van der Waals surface area contributed by atoms with Crippen molar-refractivity contribution in [3.05, 3.63) is 65.0 Å². The maximum atomic E-state index is 14.4. The molecule has 2 heterocycles. The van der Waals surface area contributed by atoms with Crippen LogP contribution in [-0.4, -0.2) is 60.3 Å². The third-order valence-electron chi connectivity index (χ3n) is 7.87. The molecule has 5 rings (SSSR count). The van der Waals surface area contributed by atoms with Gasteiger partial charge in [0, 0.05) is 12.8 Å². The molecule has 2 fully saturated rings. The summed E-state index contributed by atoms with van der Waals surface area (Å²) in [6.07, 6.45) is 3.01. The van der Waals surface area contributed by atoms with Crippen LogP contribution in [-0.2, 0) is 31.9 Å². The average molecular weight is 523 g/mol. The Labute approximate surface area is 222 Å². The van der Waals surface area contributed by atoms with Gasteiger partial charge in [0.15, 0.2) is 11.5 Å². The van der Waals surface area contributed by atoms with Gasteiger partial charge in [-0.15, -0.1) is 0 Å². The Hall–Kier alpha value is -3.26. The molecule has 1 aliphatic heterocycles. The van der Waals surface area contributed by atoms with E-state index in [1.807, 2.05) is 30.3 Å². The molecule has 1 aliphatic carbocycles. The van der Waals surface area contributed by atoms with Crippen LogP contribution >= 0.6 is 0 Å². The third kappa shape index (κ3) is 6.07. The van der Waals surface area contributed by atoms with Gasteiger partial charge in [0.25, 0.3) is 0 Å². The highest BCUT2D eigenvalue weighted by atomic mass is 19.1. The van der Waals surface area contributed by atoms with Gasteiger partial charge in [-0.2, -0.15) is 0 Å². The van der Waals surface area contributed by atoms with Crippen molar-refractivity contribution < 1.29 is 27.9 Å². The molecule has 2 atom stereocenters. The largest absolute Gasteiger partial charge is 0.469 e. The molecule has 0 spiro atoms. The Bertz CT molecular complexity index is 1280. The molecular formula is C30H35FN2O5. The zero-order chi connectivity index (χ0) is 26.6. The molecule has 202 valence electrons. The molecule has 1 saturated carbocycles. The summed E-state index contributed by atoms with van der Waals surface area (Å²) in [5.41, 5.74) is 4.55. The van der Waals surface area contributed by atoms with E-state index in [2.05, 4.69) is 24.0 Å². The normalized spacial score (nSPS) is 23.6. The van der Waals surface area contributed by atoms with Crippen molar-refractivity contribution in [3.8, 4) is 0 Å². The average Bonchev–Trinajstić information content (AvgIpc) is 3.50. The van der Waals surface area contributed by atoms with Crippen molar-refractivity contribution in [2.75, 3.05) is 20.3 Å². The van der Waals surface area contributed by atoms with Crippen LogP contribution in [0.4, 0.5) is 4.39 Å². The Morgan fingerprint density at radius 2 is 1.92 bits per heavy atom. The quantitative estimate of drug-likeness (QED) is 0.389. The SMILES string of the molecule is COC(=O)C1CCC(OC[C@@H]2C[C@H](F)CN2C(=O)Cc2ccc3nc(Cc4ccccc4C)oc3c2)CC1. The number of fused-ring (bicyclic) bond motifs is 1. The topological polar surface area (TPSA) is 81.9 Å². The lowest BCUT2D eigenvalue weighted by Gasteiger charge is -2.30. The third-order valence-corrected chi connectivity index (χ3v) is 7.87. The molecule has 1 amide bonds. The van der Waals surface area contributed by atoms with Crippen LogP contribution in [0, 0.1) is 12.8 Å². The number of carbonyl (C=O) groups is 2. The maximum Gasteiger partial charge on any atom is 0.308 e. The summed E-state index contributed by atoms with van der Waals surface area (Å²) < 4.78 is 31.3. The summed E-state index contributed by atoms with van der Waals surface area (Å²) >= 11 is 0. The molecule has 38 heavy (non-hydrogen) atoms. The van der Waals surface area contributed by atoms with Gasteiger partial charge >= 0.3 is 5.97 Å². The van der Waals surface area contributed by atoms with E-state index in [1.54, 1.807) is 4.90 Å². The minimum absolute atomic E-state index is 0.0225. The van der Waals surface area contributed by atoms with Gasteiger partial charge in [-0.3, -0.25) is 9.59 Å². The van der Waals surface area contributed by atoms with E-state index in [1.165, 1.54) is 12.7 Å². The molecule has 1 aromatic heterocycles. The van der Waals surface area contributed by atoms with Crippen LogP contribution in [0.2, 0.25) is 0 Å². The second kappa shape index (κ2) is 11.6. The fourth-order valence-electron chi connectivity index (χ4n) is 5.65. The summed E-state index contributed by atoms with van der Waals surface area (Å²) in [4.78, 5) is 31.2.